The van der Waals surface area contributed by atoms with Crippen molar-refractivity contribution in [2.45, 2.75) is 12.3 Å². The lowest BCUT2D eigenvalue weighted by atomic mass is 10.1. The first-order chi connectivity index (χ1) is 7.52. The quantitative estimate of drug-likeness (QED) is 0.469. The zero-order valence-corrected chi connectivity index (χ0v) is 8.87. The number of rotatable bonds is 4. The Morgan fingerprint density at radius 3 is 2.69 bits per heavy atom. The fourth-order valence-electron chi connectivity index (χ4n) is 1.22. The molecule has 0 aliphatic rings. The van der Waals surface area contributed by atoms with Gasteiger partial charge in [-0.05, 0) is 9.91 Å². The molecule has 0 aliphatic carbocycles. The molecule has 0 aliphatic heterocycles. The van der Waals surface area contributed by atoms with Crippen molar-refractivity contribution in [1.82, 2.24) is 4.98 Å². The van der Waals surface area contributed by atoms with Gasteiger partial charge in [0.1, 0.15) is 5.56 Å². The predicted molar refractivity (Wildman–Crippen MR) is 52.0 cm³/mol. The van der Waals surface area contributed by atoms with Crippen molar-refractivity contribution >= 4 is 17.4 Å². The van der Waals surface area contributed by atoms with Gasteiger partial charge in [0.25, 0.3) is 6.43 Å². The van der Waals surface area contributed by atoms with Crippen molar-refractivity contribution in [3.8, 4) is 5.75 Å². The monoisotopic (exact) mass is 252 g/mol. The first kappa shape index (κ1) is 12.6. The molecule has 1 aromatic heterocycles. The van der Waals surface area contributed by atoms with E-state index in [1.807, 2.05) is 0 Å². The van der Waals surface area contributed by atoms with E-state index in [9.17, 15) is 18.9 Å². The normalized spacial score (nSPS) is 10.6. The molecule has 8 heteroatoms. The molecule has 0 radical (unpaired) electrons. The summed E-state index contributed by atoms with van der Waals surface area (Å²) in [5.41, 5.74) is -0.903. The van der Waals surface area contributed by atoms with Crippen LogP contribution in [0.4, 0.5) is 14.6 Å². The molecule has 0 saturated carbocycles. The van der Waals surface area contributed by atoms with E-state index >= 15 is 0 Å². The van der Waals surface area contributed by atoms with Gasteiger partial charge in [0.2, 0.25) is 0 Å². The minimum absolute atomic E-state index is 0.0101. The highest BCUT2D eigenvalue weighted by atomic mass is 35.5. The van der Waals surface area contributed by atoms with Crippen LogP contribution in [0.15, 0.2) is 6.20 Å². The van der Waals surface area contributed by atoms with E-state index < -0.39 is 22.7 Å². The number of pyridine rings is 1. The molecule has 1 aromatic rings. The lowest BCUT2D eigenvalue weighted by Crippen LogP contribution is -2.05. The Balaban J connectivity index is 3.50. The van der Waals surface area contributed by atoms with Crippen LogP contribution >= 0.6 is 11.6 Å². The van der Waals surface area contributed by atoms with Gasteiger partial charge in [0.05, 0.1) is 13.0 Å². The van der Waals surface area contributed by atoms with Crippen molar-refractivity contribution in [1.29, 1.82) is 0 Å². The Morgan fingerprint density at radius 1 is 1.69 bits per heavy atom. The molecular weight excluding hydrogens is 246 g/mol. The van der Waals surface area contributed by atoms with Gasteiger partial charge in [-0.25, -0.2) is 8.78 Å². The molecule has 88 valence electrons. The number of aromatic nitrogens is 1. The molecule has 0 bridgehead atoms. The lowest BCUT2D eigenvalue weighted by molar-refractivity contribution is -0.391. The summed E-state index contributed by atoms with van der Waals surface area (Å²) in [4.78, 5) is 12.9. The van der Waals surface area contributed by atoms with Crippen LogP contribution in [0.2, 0.25) is 0 Å². The number of methoxy groups -OCH3 is 1. The third-order valence-corrected chi connectivity index (χ3v) is 2.18. The van der Waals surface area contributed by atoms with Crippen molar-refractivity contribution in [2.75, 3.05) is 7.11 Å². The highest BCUT2D eigenvalue weighted by molar-refractivity contribution is 6.17. The molecule has 5 nitrogen and oxygen atoms in total. The molecule has 16 heavy (non-hydrogen) atoms. The van der Waals surface area contributed by atoms with E-state index in [2.05, 4.69) is 4.98 Å². The van der Waals surface area contributed by atoms with E-state index in [0.29, 0.717) is 0 Å². The fraction of sp³-hybridized carbons (Fsp3) is 0.375. The second kappa shape index (κ2) is 5.02. The minimum atomic E-state index is -3.03. The predicted octanol–water partition coefficient (Wildman–Crippen LogP) is 2.67. The SMILES string of the molecule is COc1cnc([N+](=O)[O-])c(C(F)F)c1CCl. The van der Waals surface area contributed by atoms with Gasteiger partial charge >= 0.3 is 5.82 Å². The number of nitro groups is 1. The van der Waals surface area contributed by atoms with Gasteiger partial charge in [-0.2, -0.15) is 0 Å². The fourth-order valence-corrected chi connectivity index (χ4v) is 1.50. The average molecular weight is 253 g/mol. The van der Waals surface area contributed by atoms with Crippen LogP contribution in [0.1, 0.15) is 17.6 Å². The van der Waals surface area contributed by atoms with Crippen LogP contribution in [-0.4, -0.2) is 17.0 Å². The Bertz CT molecular complexity index is 415. The maximum Gasteiger partial charge on any atom is 0.372 e. The maximum absolute atomic E-state index is 12.7. The highest BCUT2D eigenvalue weighted by Gasteiger charge is 2.29. The number of nitrogens with zero attached hydrogens (tertiary/aromatic N) is 2. The summed E-state index contributed by atoms with van der Waals surface area (Å²) < 4.78 is 30.1. The van der Waals surface area contributed by atoms with Gasteiger partial charge in [-0.15, -0.1) is 11.6 Å². The molecule has 0 amide bonds. The van der Waals surface area contributed by atoms with Gasteiger partial charge < -0.3 is 14.9 Å². The van der Waals surface area contributed by atoms with Crippen LogP contribution in [0.5, 0.6) is 5.75 Å². The molecule has 0 fully saturated rings. The molecule has 0 aromatic carbocycles. The smallest absolute Gasteiger partial charge is 0.372 e. The first-order valence-electron chi connectivity index (χ1n) is 4.07. The van der Waals surface area contributed by atoms with Crippen molar-refractivity contribution in [3.05, 3.63) is 27.4 Å². The summed E-state index contributed by atoms with van der Waals surface area (Å²) in [6.07, 6.45) is -2.03. The zero-order valence-electron chi connectivity index (χ0n) is 8.11. The number of hydrogen-bond acceptors (Lipinski definition) is 4. The zero-order chi connectivity index (χ0) is 12.3. The summed E-state index contributed by atoms with van der Waals surface area (Å²) in [5, 5.41) is 10.5. The van der Waals surface area contributed by atoms with Gasteiger partial charge in [-0.3, -0.25) is 0 Å². The Kier molecular flexibility index (Phi) is 3.94. The van der Waals surface area contributed by atoms with Crippen LogP contribution < -0.4 is 4.74 Å². The second-order valence-electron chi connectivity index (χ2n) is 2.73. The van der Waals surface area contributed by atoms with Crippen LogP contribution in [-0.2, 0) is 5.88 Å². The van der Waals surface area contributed by atoms with Crippen molar-refractivity contribution < 1.29 is 18.4 Å². The Labute approximate surface area is 94.1 Å². The third-order valence-electron chi connectivity index (χ3n) is 1.91. The maximum atomic E-state index is 12.7. The number of alkyl halides is 3. The molecule has 0 saturated heterocycles. The average Bonchev–Trinajstić information content (AvgIpc) is 2.26. The largest absolute Gasteiger partial charge is 0.492 e. The number of halogens is 3. The van der Waals surface area contributed by atoms with E-state index in [1.54, 1.807) is 0 Å². The van der Waals surface area contributed by atoms with E-state index in [-0.39, 0.29) is 17.2 Å². The summed E-state index contributed by atoms with van der Waals surface area (Å²) in [7, 11) is 1.24. The third kappa shape index (κ3) is 2.19. The summed E-state index contributed by atoms with van der Waals surface area (Å²) in [6, 6.07) is 0. The molecule has 1 rings (SSSR count). The van der Waals surface area contributed by atoms with Gasteiger partial charge in [-0.1, -0.05) is 0 Å². The van der Waals surface area contributed by atoms with Crippen LogP contribution in [0.3, 0.4) is 0 Å². The van der Waals surface area contributed by atoms with E-state index in [1.165, 1.54) is 7.11 Å². The molecule has 1 heterocycles. The van der Waals surface area contributed by atoms with Gasteiger partial charge in [0.15, 0.2) is 11.9 Å². The van der Waals surface area contributed by atoms with Gasteiger partial charge in [0, 0.05) is 5.56 Å². The highest BCUT2D eigenvalue weighted by Crippen LogP contribution is 2.36. The molecule has 0 unspecified atom stereocenters. The standard InChI is InChI=1S/C8H7ClF2N2O3/c1-16-5-3-12-8(13(14)15)6(7(10)11)4(5)2-9/h3,7H,2H2,1H3. The molecular formula is C8H7ClF2N2O3. The van der Waals surface area contributed by atoms with Crippen molar-refractivity contribution in [3.63, 3.8) is 0 Å². The second-order valence-corrected chi connectivity index (χ2v) is 3.00. The molecule has 0 N–H and O–H groups in total. The summed E-state index contributed by atoms with van der Waals surface area (Å²) in [6.45, 7) is 0. The summed E-state index contributed by atoms with van der Waals surface area (Å²) in [5.74, 6) is -1.20. The van der Waals surface area contributed by atoms with E-state index in [0.717, 1.165) is 6.20 Å². The van der Waals surface area contributed by atoms with Crippen LogP contribution in [0.25, 0.3) is 0 Å². The topological polar surface area (TPSA) is 65.3 Å². The number of hydrogen-bond donors (Lipinski definition) is 0. The Morgan fingerprint density at radius 2 is 2.31 bits per heavy atom. The van der Waals surface area contributed by atoms with E-state index in [4.69, 9.17) is 16.3 Å². The Hall–Kier alpha value is -1.50. The molecule has 0 spiro atoms. The number of ether oxygens (including phenoxy) is 1. The van der Waals surface area contributed by atoms with Crippen molar-refractivity contribution in [2.24, 2.45) is 0 Å². The summed E-state index contributed by atoms with van der Waals surface area (Å²) >= 11 is 5.47. The van der Waals surface area contributed by atoms with Crippen LogP contribution in [0, 0.1) is 10.1 Å². The minimum Gasteiger partial charge on any atom is -0.492 e. The molecule has 0 atom stereocenters. The lowest BCUT2D eigenvalue weighted by Gasteiger charge is -2.09. The first-order valence-corrected chi connectivity index (χ1v) is 4.60.